The number of anilines is 1. The lowest BCUT2D eigenvalue weighted by atomic mass is 9.96. The Morgan fingerprint density at radius 1 is 1.55 bits per heavy atom. The van der Waals surface area contributed by atoms with Crippen LogP contribution in [-0.2, 0) is 20.7 Å². The van der Waals surface area contributed by atoms with E-state index >= 15 is 0 Å². The Balaban J connectivity index is 1.93. The standard InChI is InChI=1S/C14H22N2O3S/c1-10-6-7-16(8-12(10)18-2)14-15-11(9-20-14)4-5-13(17)19-3/h9-10,12H,4-8H2,1-3H3. The third-order valence-electron chi connectivity index (χ3n) is 3.82. The van der Waals surface area contributed by atoms with Crippen LogP contribution >= 0.6 is 11.3 Å². The smallest absolute Gasteiger partial charge is 0.305 e. The van der Waals surface area contributed by atoms with Gasteiger partial charge < -0.3 is 14.4 Å². The normalized spacial score (nSPS) is 22.9. The number of piperidine rings is 1. The first kappa shape index (κ1) is 15.3. The monoisotopic (exact) mass is 298 g/mol. The molecule has 0 spiro atoms. The van der Waals surface area contributed by atoms with Crippen LogP contribution in [0.1, 0.15) is 25.5 Å². The first-order chi connectivity index (χ1) is 9.63. The van der Waals surface area contributed by atoms with Crippen LogP contribution < -0.4 is 4.90 Å². The second-order valence-corrected chi connectivity index (χ2v) is 6.02. The van der Waals surface area contributed by atoms with E-state index in [2.05, 4.69) is 21.5 Å². The minimum absolute atomic E-state index is 0.189. The Morgan fingerprint density at radius 3 is 3.05 bits per heavy atom. The van der Waals surface area contributed by atoms with E-state index < -0.39 is 0 Å². The SMILES string of the molecule is COC(=O)CCc1csc(N2CCC(C)C(OC)C2)n1. The fourth-order valence-corrected chi connectivity index (χ4v) is 3.30. The van der Waals surface area contributed by atoms with Crippen molar-refractivity contribution in [3.05, 3.63) is 11.1 Å². The number of thiazole rings is 1. The number of aromatic nitrogens is 1. The second kappa shape index (κ2) is 7.04. The topological polar surface area (TPSA) is 51.7 Å². The van der Waals surface area contributed by atoms with Crippen molar-refractivity contribution in [1.82, 2.24) is 4.98 Å². The molecule has 6 heteroatoms. The molecule has 20 heavy (non-hydrogen) atoms. The summed E-state index contributed by atoms with van der Waals surface area (Å²) >= 11 is 1.64. The number of methoxy groups -OCH3 is 2. The van der Waals surface area contributed by atoms with Crippen LogP contribution in [-0.4, -0.2) is 44.4 Å². The number of nitrogens with zero attached hydrogens (tertiary/aromatic N) is 2. The fraction of sp³-hybridized carbons (Fsp3) is 0.714. The van der Waals surface area contributed by atoms with Gasteiger partial charge in [-0.1, -0.05) is 6.92 Å². The third-order valence-corrected chi connectivity index (χ3v) is 4.77. The number of carbonyl (C=O) groups is 1. The van der Waals surface area contributed by atoms with Gasteiger partial charge in [0.15, 0.2) is 5.13 Å². The molecule has 1 fully saturated rings. The molecule has 1 saturated heterocycles. The number of rotatable bonds is 5. The lowest BCUT2D eigenvalue weighted by molar-refractivity contribution is -0.140. The molecule has 0 bridgehead atoms. The zero-order valence-electron chi connectivity index (χ0n) is 12.3. The molecule has 0 aromatic carbocycles. The van der Waals surface area contributed by atoms with Gasteiger partial charge in [0.25, 0.3) is 0 Å². The zero-order chi connectivity index (χ0) is 14.5. The van der Waals surface area contributed by atoms with Crippen molar-refractivity contribution in [1.29, 1.82) is 0 Å². The molecule has 2 atom stereocenters. The van der Waals surface area contributed by atoms with Gasteiger partial charge in [0.2, 0.25) is 0 Å². The van der Waals surface area contributed by atoms with Crippen LogP contribution in [0.2, 0.25) is 0 Å². The highest BCUT2D eigenvalue weighted by Crippen LogP contribution is 2.27. The van der Waals surface area contributed by atoms with Crippen LogP contribution in [0.5, 0.6) is 0 Å². The van der Waals surface area contributed by atoms with Gasteiger partial charge in [0, 0.05) is 32.0 Å². The molecule has 1 aliphatic heterocycles. The van der Waals surface area contributed by atoms with Gasteiger partial charge in [0.05, 0.1) is 25.3 Å². The molecule has 1 aromatic rings. The Bertz CT molecular complexity index is 449. The molecule has 2 unspecified atom stereocenters. The first-order valence-corrected chi connectivity index (χ1v) is 7.81. The van der Waals surface area contributed by atoms with E-state index in [4.69, 9.17) is 4.74 Å². The van der Waals surface area contributed by atoms with Crippen molar-refractivity contribution in [2.75, 3.05) is 32.2 Å². The van der Waals surface area contributed by atoms with Crippen molar-refractivity contribution in [2.24, 2.45) is 5.92 Å². The summed E-state index contributed by atoms with van der Waals surface area (Å²) in [5.74, 6) is 0.404. The number of carbonyl (C=O) groups excluding carboxylic acids is 1. The lowest BCUT2D eigenvalue weighted by Crippen LogP contribution is -2.43. The fourth-order valence-electron chi connectivity index (χ4n) is 2.40. The van der Waals surface area contributed by atoms with Gasteiger partial charge in [-0.2, -0.15) is 0 Å². The van der Waals surface area contributed by atoms with Crippen molar-refractivity contribution >= 4 is 22.4 Å². The predicted octanol–water partition coefficient (Wildman–Crippen LogP) is 2.11. The summed E-state index contributed by atoms with van der Waals surface area (Å²) in [5.41, 5.74) is 0.961. The van der Waals surface area contributed by atoms with E-state index in [1.165, 1.54) is 7.11 Å². The Kier molecular flexibility index (Phi) is 5.37. The minimum atomic E-state index is -0.189. The van der Waals surface area contributed by atoms with E-state index in [9.17, 15) is 4.79 Å². The molecule has 2 rings (SSSR count). The minimum Gasteiger partial charge on any atom is -0.469 e. The maximum atomic E-state index is 11.1. The van der Waals surface area contributed by atoms with Crippen LogP contribution in [0.25, 0.3) is 0 Å². The van der Waals surface area contributed by atoms with Crippen molar-refractivity contribution < 1.29 is 14.3 Å². The molecule has 112 valence electrons. The molecular weight excluding hydrogens is 276 g/mol. The zero-order valence-corrected chi connectivity index (χ0v) is 13.1. The highest BCUT2D eigenvalue weighted by Gasteiger charge is 2.27. The van der Waals surface area contributed by atoms with Gasteiger partial charge in [-0.25, -0.2) is 4.98 Å². The summed E-state index contributed by atoms with van der Waals surface area (Å²) in [6, 6.07) is 0. The summed E-state index contributed by atoms with van der Waals surface area (Å²) in [4.78, 5) is 18.0. The summed E-state index contributed by atoms with van der Waals surface area (Å²) in [7, 11) is 3.18. The van der Waals surface area contributed by atoms with Gasteiger partial charge in [-0.15, -0.1) is 11.3 Å². The number of hydrogen-bond donors (Lipinski definition) is 0. The van der Waals surface area contributed by atoms with E-state index in [1.54, 1.807) is 18.4 Å². The summed E-state index contributed by atoms with van der Waals surface area (Å²) in [6.07, 6.45) is 2.42. The average molecular weight is 298 g/mol. The molecule has 5 nitrogen and oxygen atoms in total. The Labute approximate surface area is 123 Å². The predicted molar refractivity (Wildman–Crippen MR) is 79.2 cm³/mol. The molecule has 0 radical (unpaired) electrons. The van der Waals surface area contributed by atoms with Crippen LogP contribution in [0, 0.1) is 5.92 Å². The number of esters is 1. The Hall–Kier alpha value is -1.14. The summed E-state index contributed by atoms with van der Waals surface area (Å²) in [6.45, 7) is 4.14. The van der Waals surface area contributed by atoms with Crippen LogP contribution in [0.3, 0.4) is 0 Å². The second-order valence-electron chi connectivity index (χ2n) is 5.18. The number of hydrogen-bond acceptors (Lipinski definition) is 6. The van der Waals surface area contributed by atoms with Crippen molar-refractivity contribution in [3.8, 4) is 0 Å². The molecule has 0 amide bonds. The van der Waals surface area contributed by atoms with E-state index in [1.807, 2.05) is 5.38 Å². The number of aryl methyl sites for hydroxylation is 1. The van der Waals surface area contributed by atoms with Crippen molar-refractivity contribution in [3.63, 3.8) is 0 Å². The highest BCUT2D eigenvalue weighted by molar-refractivity contribution is 7.13. The van der Waals surface area contributed by atoms with E-state index in [0.717, 1.165) is 30.3 Å². The van der Waals surface area contributed by atoms with Gasteiger partial charge in [-0.3, -0.25) is 4.79 Å². The highest BCUT2D eigenvalue weighted by atomic mass is 32.1. The maximum Gasteiger partial charge on any atom is 0.305 e. The van der Waals surface area contributed by atoms with E-state index in [0.29, 0.717) is 18.8 Å². The molecular formula is C14H22N2O3S. The average Bonchev–Trinajstić information content (AvgIpc) is 2.94. The first-order valence-electron chi connectivity index (χ1n) is 6.93. The lowest BCUT2D eigenvalue weighted by Gasteiger charge is -2.36. The molecule has 0 N–H and O–H groups in total. The third kappa shape index (κ3) is 3.70. The summed E-state index contributed by atoms with van der Waals surface area (Å²) < 4.78 is 10.2. The van der Waals surface area contributed by atoms with Gasteiger partial charge >= 0.3 is 5.97 Å². The van der Waals surface area contributed by atoms with Crippen LogP contribution in [0.4, 0.5) is 5.13 Å². The molecule has 0 aliphatic carbocycles. The Morgan fingerprint density at radius 2 is 2.35 bits per heavy atom. The van der Waals surface area contributed by atoms with Gasteiger partial charge in [-0.05, 0) is 12.3 Å². The largest absolute Gasteiger partial charge is 0.469 e. The summed E-state index contributed by atoms with van der Waals surface area (Å²) in [5, 5.41) is 3.05. The molecule has 1 aliphatic rings. The molecule has 0 saturated carbocycles. The van der Waals surface area contributed by atoms with Crippen LogP contribution in [0.15, 0.2) is 5.38 Å². The van der Waals surface area contributed by atoms with Crippen molar-refractivity contribution in [2.45, 2.75) is 32.3 Å². The molecule has 2 heterocycles. The maximum absolute atomic E-state index is 11.1. The van der Waals surface area contributed by atoms with E-state index in [-0.39, 0.29) is 12.1 Å². The van der Waals surface area contributed by atoms with Gasteiger partial charge in [0.1, 0.15) is 0 Å². The number of ether oxygens (including phenoxy) is 2. The quantitative estimate of drug-likeness (QED) is 0.779. The molecule has 1 aromatic heterocycles.